The third kappa shape index (κ3) is 3.24. The normalized spacial score (nSPS) is 22.7. The second-order valence-corrected chi connectivity index (χ2v) is 4.73. The lowest BCUT2D eigenvalue weighted by atomic mass is 10.1. The molecule has 18 heavy (non-hydrogen) atoms. The highest BCUT2D eigenvalue weighted by Crippen LogP contribution is 2.25. The van der Waals surface area contributed by atoms with Gasteiger partial charge in [-0.25, -0.2) is 0 Å². The number of benzene rings is 1. The van der Waals surface area contributed by atoms with Crippen LogP contribution in [-0.4, -0.2) is 12.6 Å². The number of hydrogen-bond acceptors (Lipinski definition) is 3. The topological polar surface area (TPSA) is 45.0 Å². The van der Waals surface area contributed by atoms with E-state index in [0.29, 0.717) is 12.6 Å². The third-order valence-corrected chi connectivity index (χ3v) is 3.46. The molecule has 1 fully saturated rings. The van der Waals surface area contributed by atoms with Gasteiger partial charge in [0.1, 0.15) is 5.75 Å². The second-order valence-electron chi connectivity index (χ2n) is 4.73. The van der Waals surface area contributed by atoms with Crippen LogP contribution >= 0.6 is 0 Å². The van der Waals surface area contributed by atoms with Crippen molar-refractivity contribution in [1.82, 2.24) is 5.32 Å². The zero-order valence-electron chi connectivity index (χ0n) is 10.9. The summed E-state index contributed by atoms with van der Waals surface area (Å²) in [5.74, 6) is 1.10. The van der Waals surface area contributed by atoms with Crippen molar-refractivity contribution in [3.63, 3.8) is 0 Å². The largest absolute Gasteiger partial charge is 0.494 e. The lowest BCUT2D eigenvalue weighted by Gasteiger charge is -2.15. The molecule has 96 valence electrons. The van der Waals surface area contributed by atoms with Crippen molar-refractivity contribution in [1.29, 1.82) is 5.26 Å². The SMILES string of the molecule is CCOc1cccc(CNC2CCCC2C#N)c1. The molecule has 0 heterocycles. The molecule has 2 atom stereocenters. The Hall–Kier alpha value is -1.53. The Morgan fingerprint density at radius 1 is 1.44 bits per heavy atom. The highest BCUT2D eigenvalue weighted by atomic mass is 16.5. The van der Waals surface area contributed by atoms with E-state index < -0.39 is 0 Å². The van der Waals surface area contributed by atoms with Crippen molar-refractivity contribution in [3.05, 3.63) is 29.8 Å². The molecule has 3 nitrogen and oxygen atoms in total. The highest BCUT2D eigenvalue weighted by Gasteiger charge is 2.26. The van der Waals surface area contributed by atoms with Crippen molar-refractivity contribution in [2.24, 2.45) is 5.92 Å². The van der Waals surface area contributed by atoms with Gasteiger partial charge >= 0.3 is 0 Å². The molecule has 3 heteroatoms. The van der Waals surface area contributed by atoms with Crippen LogP contribution in [0.4, 0.5) is 0 Å². The quantitative estimate of drug-likeness (QED) is 0.866. The summed E-state index contributed by atoms with van der Waals surface area (Å²) in [5.41, 5.74) is 1.21. The average Bonchev–Trinajstić information content (AvgIpc) is 2.84. The Morgan fingerprint density at radius 2 is 2.33 bits per heavy atom. The van der Waals surface area contributed by atoms with E-state index in [1.54, 1.807) is 0 Å². The lowest BCUT2D eigenvalue weighted by Crippen LogP contribution is -2.31. The van der Waals surface area contributed by atoms with Gasteiger partial charge in [0.2, 0.25) is 0 Å². The molecule has 0 aromatic heterocycles. The Kier molecular flexibility index (Phi) is 4.60. The molecule has 1 aromatic rings. The first-order valence-electron chi connectivity index (χ1n) is 6.68. The van der Waals surface area contributed by atoms with E-state index in [2.05, 4.69) is 23.5 Å². The van der Waals surface area contributed by atoms with Gasteiger partial charge in [0, 0.05) is 12.6 Å². The van der Waals surface area contributed by atoms with Crippen molar-refractivity contribution in [3.8, 4) is 11.8 Å². The molecule has 0 aliphatic heterocycles. The molecule has 1 aliphatic carbocycles. The number of rotatable bonds is 5. The summed E-state index contributed by atoms with van der Waals surface area (Å²) in [5, 5.41) is 12.5. The minimum absolute atomic E-state index is 0.181. The van der Waals surface area contributed by atoms with Crippen molar-refractivity contribution in [2.45, 2.75) is 38.8 Å². The van der Waals surface area contributed by atoms with Crippen LogP contribution in [0.3, 0.4) is 0 Å². The zero-order valence-corrected chi connectivity index (χ0v) is 10.9. The monoisotopic (exact) mass is 244 g/mol. The summed E-state index contributed by atoms with van der Waals surface area (Å²) in [4.78, 5) is 0. The summed E-state index contributed by atoms with van der Waals surface area (Å²) in [6.45, 7) is 3.49. The summed E-state index contributed by atoms with van der Waals surface area (Å²) in [6.07, 6.45) is 3.31. The van der Waals surface area contributed by atoms with E-state index in [9.17, 15) is 0 Å². The molecular weight excluding hydrogens is 224 g/mol. The van der Waals surface area contributed by atoms with Gasteiger partial charge in [-0.1, -0.05) is 18.6 Å². The average molecular weight is 244 g/mol. The standard InChI is InChI=1S/C15H20N2O/c1-2-18-14-7-3-5-12(9-14)11-17-15-8-4-6-13(15)10-16/h3,5,7,9,13,15,17H,2,4,6,8,11H2,1H3. The van der Waals surface area contributed by atoms with Crippen molar-refractivity contribution >= 4 is 0 Å². The van der Waals surface area contributed by atoms with Gasteiger partial charge < -0.3 is 10.1 Å². The number of nitriles is 1. The maximum absolute atomic E-state index is 9.04. The molecule has 0 spiro atoms. The predicted octanol–water partition coefficient (Wildman–Crippen LogP) is 2.87. The van der Waals surface area contributed by atoms with Crippen LogP contribution in [0.25, 0.3) is 0 Å². The lowest BCUT2D eigenvalue weighted by molar-refractivity contribution is 0.339. The van der Waals surface area contributed by atoms with Gasteiger partial charge in [-0.2, -0.15) is 5.26 Å². The second kappa shape index (κ2) is 6.42. The van der Waals surface area contributed by atoms with E-state index >= 15 is 0 Å². The first-order chi connectivity index (χ1) is 8.83. The molecule has 2 rings (SSSR count). The fourth-order valence-corrected chi connectivity index (χ4v) is 2.52. The fraction of sp³-hybridized carbons (Fsp3) is 0.533. The Labute approximate surface area is 109 Å². The Balaban J connectivity index is 1.90. The number of nitrogens with one attached hydrogen (secondary N) is 1. The maximum Gasteiger partial charge on any atom is 0.119 e. The van der Waals surface area contributed by atoms with E-state index in [1.165, 1.54) is 5.56 Å². The van der Waals surface area contributed by atoms with Crippen LogP contribution < -0.4 is 10.1 Å². The minimum Gasteiger partial charge on any atom is -0.494 e. The van der Waals surface area contributed by atoms with Crippen LogP contribution in [0.5, 0.6) is 5.75 Å². The van der Waals surface area contributed by atoms with E-state index in [1.807, 2.05) is 19.1 Å². The molecule has 0 bridgehead atoms. The highest BCUT2D eigenvalue weighted by molar-refractivity contribution is 5.28. The summed E-state index contributed by atoms with van der Waals surface area (Å²) in [7, 11) is 0. The smallest absolute Gasteiger partial charge is 0.119 e. The Morgan fingerprint density at radius 3 is 3.11 bits per heavy atom. The van der Waals surface area contributed by atoms with Crippen LogP contribution in [0.2, 0.25) is 0 Å². The molecule has 1 aliphatic rings. The molecule has 0 radical (unpaired) electrons. The molecular formula is C15H20N2O. The van der Waals surface area contributed by atoms with E-state index in [4.69, 9.17) is 10.00 Å². The maximum atomic E-state index is 9.04. The number of nitrogens with zero attached hydrogens (tertiary/aromatic N) is 1. The van der Waals surface area contributed by atoms with Gasteiger partial charge in [0.25, 0.3) is 0 Å². The third-order valence-electron chi connectivity index (χ3n) is 3.46. The van der Waals surface area contributed by atoms with Gasteiger partial charge in [-0.3, -0.25) is 0 Å². The first-order valence-corrected chi connectivity index (χ1v) is 6.68. The zero-order chi connectivity index (χ0) is 12.8. The van der Waals surface area contributed by atoms with Crippen LogP contribution in [0.1, 0.15) is 31.7 Å². The minimum atomic E-state index is 0.181. The van der Waals surface area contributed by atoms with Crippen LogP contribution in [0, 0.1) is 17.2 Å². The van der Waals surface area contributed by atoms with Crippen molar-refractivity contribution in [2.75, 3.05) is 6.61 Å². The van der Waals surface area contributed by atoms with E-state index in [-0.39, 0.29) is 5.92 Å². The molecule has 1 N–H and O–H groups in total. The van der Waals surface area contributed by atoms with Crippen molar-refractivity contribution < 1.29 is 4.74 Å². The van der Waals surface area contributed by atoms with Crippen LogP contribution in [-0.2, 0) is 6.54 Å². The summed E-state index contributed by atoms with van der Waals surface area (Å²) >= 11 is 0. The molecule has 1 aromatic carbocycles. The van der Waals surface area contributed by atoms with E-state index in [0.717, 1.165) is 31.6 Å². The molecule has 0 amide bonds. The van der Waals surface area contributed by atoms with Crippen LogP contribution in [0.15, 0.2) is 24.3 Å². The van der Waals surface area contributed by atoms with Gasteiger partial charge in [-0.15, -0.1) is 0 Å². The molecule has 0 saturated heterocycles. The number of hydrogen-bond donors (Lipinski definition) is 1. The Bertz CT molecular complexity index is 425. The first kappa shape index (κ1) is 12.9. The van der Waals surface area contributed by atoms with Gasteiger partial charge in [0.05, 0.1) is 18.6 Å². The fourth-order valence-electron chi connectivity index (χ4n) is 2.52. The van der Waals surface area contributed by atoms with Gasteiger partial charge in [-0.05, 0) is 37.5 Å². The summed E-state index contributed by atoms with van der Waals surface area (Å²) < 4.78 is 5.48. The summed E-state index contributed by atoms with van der Waals surface area (Å²) in [6, 6.07) is 10.9. The number of ether oxygens (including phenoxy) is 1. The van der Waals surface area contributed by atoms with Gasteiger partial charge in [0.15, 0.2) is 0 Å². The molecule has 2 unspecified atom stereocenters. The molecule has 1 saturated carbocycles. The predicted molar refractivity (Wildman–Crippen MR) is 71.2 cm³/mol.